The van der Waals surface area contributed by atoms with Gasteiger partial charge in [0.1, 0.15) is 29.1 Å². The Bertz CT molecular complexity index is 1310. The summed E-state index contributed by atoms with van der Waals surface area (Å²) in [6.07, 6.45) is -3.41. The number of fused-ring (bicyclic) bond motifs is 1. The lowest BCUT2D eigenvalue weighted by molar-refractivity contribution is -0.137. The van der Waals surface area contributed by atoms with Gasteiger partial charge in [0, 0.05) is 38.0 Å². The van der Waals surface area contributed by atoms with Crippen molar-refractivity contribution >= 4 is 16.7 Å². The van der Waals surface area contributed by atoms with E-state index >= 15 is 0 Å². The Morgan fingerprint density at radius 3 is 2.68 bits per heavy atom. The summed E-state index contributed by atoms with van der Waals surface area (Å²) in [4.78, 5) is 19.2. The van der Waals surface area contributed by atoms with Gasteiger partial charge in [0.2, 0.25) is 0 Å². The Labute approximate surface area is 195 Å². The summed E-state index contributed by atoms with van der Waals surface area (Å²) in [7, 11) is 1.66. The Morgan fingerprint density at radius 2 is 2.00 bits per heavy atom. The van der Waals surface area contributed by atoms with Crippen LogP contribution in [0.1, 0.15) is 37.9 Å². The van der Waals surface area contributed by atoms with Crippen LogP contribution in [0.2, 0.25) is 0 Å². The monoisotopic (exact) mass is 470 g/mol. The highest BCUT2D eigenvalue weighted by atomic mass is 19.4. The van der Waals surface area contributed by atoms with Crippen molar-refractivity contribution in [3.05, 3.63) is 64.1 Å². The van der Waals surface area contributed by atoms with Gasteiger partial charge in [0.05, 0.1) is 16.8 Å². The summed E-state index contributed by atoms with van der Waals surface area (Å²) < 4.78 is 46.9. The zero-order valence-electron chi connectivity index (χ0n) is 19.1. The van der Waals surface area contributed by atoms with Gasteiger partial charge in [-0.1, -0.05) is 13.0 Å². The van der Waals surface area contributed by atoms with E-state index < -0.39 is 11.7 Å². The van der Waals surface area contributed by atoms with Gasteiger partial charge in [-0.2, -0.15) is 18.4 Å². The highest BCUT2D eigenvalue weighted by Gasteiger charge is 2.36. The molecule has 178 valence electrons. The van der Waals surface area contributed by atoms with Gasteiger partial charge >= 0.3 is 6.18 Å². The number of nitriles is 1. The number of ether oxygens (including phenoxy) is 1. The maximum atomic E-state index is 13.1. The van der Waals surface area contributed by atoms with Gasteiger partial charge in [0.25, 0.3) is 5.56 Å². The summed E-state index contributed by atoms with van der Waals surface area (Å²) in [5, 5.41) is 9.32. The molecule has 0 bridgehead atoms. The van der Waals surface area contributed by atoms with Crippen LogP contribution in [0.25, 0.3) is 11.0 Å². The first kappa shape index (κ1) is 23.6. The highest BCUT2D eigenvalue weighted by Crippen LogP contribution is 2.36. The minimum absolute atomic E-state index is 0.0176. The number of hydrogen-bond acceptors (Lipinski definition) is 5. The molecule has 0 amide bonds. The minimum atomic E-state index is -4.43. The van der Waals surface area contributed by atoms with E-state index in [1.807, 2.05) is 19.9 Å². The molecule has 1 aliphatic rings. The average molecular weight is 470 g/mol. The second-order valence-corrected chi connectivity index (χ2v) is 8.69. The van der Waals surface area contributed by atoms with Gasteiger partial charge in [-0.25, -0.2) is 4.98 Å². The number of aromatic nitrogens is 2. The van der Waals surface area contributed by atoms with Crippen LogP contribution in [0.5, 0.6) is 5.75 Å². The van der Waals surface area contributed by atoms with Crippen molar-refractivity contribution in [3.63, 3.8) is 0 Å². The second kappa shape index (κ2) is 9.01. The van der Waals surface area contributed by atoms with Crippen molar-refractivity contribution < 1.29 is 17.9 Å². The lowest BCUT2D eigenvalue weighted by Crippen LogP contribution is -2.50. The minimum Gasteiger partial charge on any atom is -0.490 e. The van der Waals surface area contributed by atoms with Gasteiger partial charge < -0.3 is 14.2 Å². The zero-order valence-corrected chi connectivity index (χ0v) is 19.1. The molecule has 0 aliphatic carbocycles. The van der Waals surface area contributed by atoms with Crippen molar-refractivity contribution in [1.29, 1.82) is 5.26 Å². The predicted molar refractivity (Wildman–Crippen MR) is 123 cm³/mol. The molecule has 3 heterocycles. The molecule has 1 aromatic carbocycles. The quantitative estimate of drug-likeness (QED) is 0.543. The van der Waals surface area contributed by atoms with E-state index in [-0.39, 0.29) is 35.1 Å². The number of rotatable bonds is 4. The molecule has 3 aromatic rings. The van der Waals surface area contributed by atoms with Crippen LogP contribution in [-0.2, 0) is 13.2 Å². The first-order valence-electron chi connectivity index (χ1n) is 11.1. The summed E-state index contributed by atoms with van der Waals surface area (Å²) in [6.45, 7) is 4.54. The van der Waals surface area contributed by atoms with Crippen LogP contribution in [0.4, 0.5) is 18.9 Å². The van der Waals surface area contributed by atoms with E-state index in [2.05, 4.69) is 9.88 Å². The van der Waals surface area contributed by atoms with Crippen molar-refractivity contribution in [3.8, 4) is 11.8 Å². The predicted octanol–water partition coefficient (Wildman–Crippen LogP) is 4.90. The molecule has 9 heteroatoms. The first-order valence-corrected chi connectivity index (χ1v) is 11.1. The Hall–Kier alpha value is -3.54. The van der Waals surface area contributed by atoms with Crippen LogP contribution in [0.3, 0.4) is 0 Å². The highest BCUT2D eigenvalue weighted by molar-refractivity contribution is 5.89. The van der Waals surface area contributed by atoms with Crippen molar-refractivity contribution in [2.45, 2.75) is 45.0 Å². The van der Waals surface area contributed by atoms with Gasteiger partial charge in [-0.3, -0.25) is 4.79 Å². The lowest BCUT2D eigenvalue weighted by atomic mass is 9.87. The molecule has 0 N–H and O–H groups in total. The standard InChI is InChI=1S/C25H25F3N4O2/c1-4-16-14-32(21-12-23(33)31(3)20-9-8-18(13-29)30-24(20)21)15(2)10-22(16)34-19-7-5-6-17(11-19)25(26,27)28/h5-9,11-12,15-16,22H,4,10,14H2,1-3H3/t15-,16+,22-/m1/s1. The third-order valence-electron chi connectivity index (χ3n) is 6.53. The smallest absolute Gasteiger partial charge is 0.416 e. The van der Waals surface area contributed by atoms with E-state index in [0.717, 1.165) is 18.6 Å². The van der Waals surface area contributed by atoms with Crippen LogP contribution in [0.15, 0.2) is 47.3 Å². The van der Waals surface area contributed by atoms with Crippen molar-refractivity contribution in [1.82, 2.24) is 9.55 Å². The number of piperidine rings is 1. The number of nitrogens with zero attached hydrogens (tertiary/aromatic N) is 4. The molecule has 6 nitrogen and oxygen atoms in total. The van der Waals surface area contributed by atoms with Crippen LogP contribution in [-0.4, -0.2) is 28.2 Å². The number of pyridine rings is 2. The number of hydrogen-bond donors (Lipinski definition) is 0. The van der Waals surface area contributed by atoms with Crippen molar-refractivity contribution in [2.24, 2.45) is 13.0 Å². The SMILES string of the molecule is CC[C@H]1CN(c2cc(=O)n(C)c3ccc(C#N)nc23)[C@H](C)C[C@H]1Oc1cccc(C(F)(F)F)c1. The first-order chi connectivity index (χ1) is 16.1. The summed E-state index contributed by atoms with van der Waals surface area (Å²) >= 11 is 0. The van der Waals surface area contributed by atoms with Gasteiger partial charge in [-0.05, 0) is 43.7 Å². The maximum absolute atomic E-state index is 13.1. The molecule has 0 unspecified atom stereocenters. The van der Waals surface area contributed by atoms with Gasteiger partial charge in [-0.15, -0.1) is 0 Å². The number of aryl methyl sites for hydroxylation is 1. The fraction of sp³-hybridized carbons (Fsp3) is 0.400. The molecule has 1 fully saturated rings. The third-order valence-corrected chi connectivity index (χ3v) is 6.53. The van der Waals surface area contributed by atoms with E-state index in [9.17, 15) is 23.2 Å². The zero-order chi connectivity index (χ0) is 24.6. The lowest BCUT2D eigenvalue weighted by Gasteiger charge is -2.44. The molecule has 2 aromatic heterocycles. The maximum Gasteiger partial charge on any atom is 0.416 e. The number of halogens is 3. The molecule has 1 aliphatic heterocycles. The summed E-state index contributed by atoms with van der Waals surface area (Å²) in [5.74, 6) is 0.210. The summed E-state index contributed by atoms with van der Waals surface area (Å²) in [6, 6.07) is 11.8. The van der Waals surface area contributed by atoms with Crippen molar-refractivity contribution in [2.75, 3.05) is 11.4 Å². The second-order valence-electron chi connectivity index (χ2n) is 8.69. The van der Waals surface area contributed by atoms with Crippen LogP contribution >= 0.6 is 0 Å². The van der Waals surface area contributed by atoms with E-state index in [0.29, 0.717) is 29.7 Å². The molecular weight excluding hydrogens is 445 g/mol. The Balaban J connectivity index is 1.66. The molecule has 0 spiro atoms. The van der Waals surface area contributed by atoms with E-state index in [4.69, 9.17) is 4.74 Å². The molecule has 34 heavy (non-hydrogen) atoms. The van der Waals surface area contributed by atoms with E-state index in [1.165, 1.54) is 16.7 Å². The molecular formula is C25H25F3N4O2. The molecule has 0 saturated carbocycles. The molecule has 0 radical (unpaired) electrons. The van der Waals surface area contributed by atoms with Gasteiger partial charge in [0.15, 0.2) is 0 Å². The molecule has 3 atom stereocenters. The molecule has 1 saturated heterocycles. The number of anilines is 1. The van der Waals surface area contributed by atoms with E-state index in [1.54, 1.807) is 25.2 Å². The third kappa shape index (κ3) is 4.45. The Morgan fingerprint density at radius 1 is 1.24 bits per heavy atom. The van der Waals surface area contributed by atoms with Crippen LogP contribution < -0.4 is 15.2 Å². The topological polar surface area (TPSA) is 71.2 Å². The fourth-order valence-electron chi connectivity index (χ4n) is 4.59. The number of alkyl halides is 3. The van der Waals surface area contributed by atoms with Crippen LogP contribution in [0, 0.1) is 17.2 Å². The fourth-order valence-corrected chi connectivity index (χ4v) is 4.59. The average Bonchev–Trinajstić information content (AvgIpc) is 2.81. The molecule has 4 rings (SSSR count). The largest absolute Gasteiger partial charge is 0.490 e. The summed E-state index contributed by atoms with van der Waals surface area (Å²) in [5.41, 5.74) is 1.18. The normalized spacial score (nSPS) is 20.9. The Kier molecular flexibility index (Phi) is 6.26. The number of benzene rings is 1.